The molecule has 25 heavy (non-hydrogen) atoms. The molecule has 2 aromatic heterocycles. The van der Waals surface area contributed by atoms with Crippen molar-refractivity contribution in [2.45, 2.75) is 6.04 Å². The summed E-state index contributed by atoms with van der Waals surface area (Å²) in [6, 6.07) is 10.4. The van der Waals surface area contributed by atoms with E-state index in [-0.39, 0.29) is 11.6 Å². The van der Waals surface area contributed by atoms with Crippen LogP contribution in [0.15, 0.2) is 53.6 Å². The molecule has 0 amide bonds. The maximum atomic E-state index is 12.9. The summed E-state index contributed by atoms with van der Waals surface area (Å²) in [5, 5.41) is 5.11. The number of nitrogens with zero attached hydrogens (tertiary/aromatic N) is 5. The lowest BCUT2D eigenvalue weighted by atomic mass is 10.1. The van der Waals surface area contributed by atoms with Crippen LogP contribution in [-0.4, -0.2) is 32.8 Å². The highest BCUT2D eigenvalue weighted by Gasteiger charge is 2.31. The molecule has 3 heterocycles. The molecule has 8 heteroatoms. The van der Waals surface area contributed by atoms with Crippen LogP contribution in [0.3, 0.4) is 0 Å². The number of benzene rings is 1. The molecular formula is C17H13ClFN5O. The molecule has 0 atom stereocenters. The van der Waals surface area contributed by atoms with Crippen molar-refractivity contribution in [2.24, 2.45) is 0 Å². The monoisotopic (exact) mass is 357 g/mol. The van der Waals surface area contributed by atoms with Crippen LogP contribution in [0.1, 0.15) is 6.04 Å². The van der Waals surface area contributed by atoms with E-state index in [0.717, 1.165) is 18.0 Å². The van der Waals surface area contributed by atoms with E-state index in [4.69, 9.17) is 11.6 Å². The molecule has 1 aromatic carbocycles. The van der Waals surface area contributed by atoms with Gasteiger partial charge in [-0.3, -0.25) is 4.79 Å². The third-order valence-electron chi connectivity index (χ3n) is 4.06. The van der Waals surface area contributed by atoms with Gasteiger partial charge in [0.2, 0.25) is 5.95 Å². The van der Waals surface area contributed by atoms with Gasteiger partial charge in [0.15, 0.2) is 5.82 Å². The maximum absolute atomic E-state index is 12.9. The quantitative estimate of drug-likeness (QED) is 0.721. The third-order valence-corrected chi connectivity index (χ3v) is 4.31. The smallest absolute Gasteiger partial charge is 0.267 e. The first-order valence-corrected chi connectivity index (χ1v) is 8.06. The number of hydrogen-bond donors (Lipinski definition) is 0. The van der Waals surface area contributed by atoms with Crippen molar-refractivity contribution in [1.82, 2.24) is 19.7 Å². The minimum atomic E-state index is -0.477. The van der Waals surface area contributed by atoms with Crippen molar-refractivity contribution < 1.29 is 4.39 Å². The minimum Gasteiger partial charge on any atom is -0.336 e. The Morgan fingerprint density at radius 1 is 1.04 bits per heavy atom. The van der Waals surface area contributed by atoms with E-state index >= 15 is 0 Å². The highest BCUT2D eigenvalue weighted by atomic mass is 35.5. The molecule has 0 unspecified atom stereocenters. The van der Waals surface area contributed by atoms with Gasteiger partial charge in [-0.2, -0.15) is 5.10 Å². The van der Waals surface area contributed by atoms with Crippen LogP contribution in [0.4, 0.5) is 10.3 Å². The summed E-state index contributed by atoms with van der Waals surface area (Å²) < 4.78 is 14.4. The molecule has 3 aromatic rings. The minimum absolute atomic E-state index is 0.0756. The fourth-order valence-corrected chi connectivity index (χ4v) is 2.83. The first-order valence-electron chi connectivity index (χ1n) is 7.68. The summed E-state index contributed by atoms with van der Waals surface area (Å²) in [6.45, 7) is 1.09. The molecular weight excluding hydrogens is 345 g/mol. The van der Waals surface area contributed by atoms with Crippen molar-refractivity contribution in [3.8, 4) is 11.3 Å². The number of hydrogen-bond acceptors (Lipinski definition) is 5. The van der Waals surface area contributed by atoms with Gasteiger partial charge in [0.1, 0.15) is 0 Å². The van der Waals surface area contributed by atoms with Crippen LogP contribution in [0, 0.1) is 5.82 Å². The van der Waals surface area contributed by atoms with E-state index in [1.165, 1.54) is 10.7 Å². The van der Waals surface area contributed by atoms with E-state index in [1.807, 2.05) is 17.0 Å². The SMILES string of the molecule is O=c1ccc(-c2ccc(Cl)cc2)nn1C1CN(c2ncc(F)cn2)C1. The lowest BCUT2D eigenvalue weighted by Gasteiger charge is -2.39. The van der Waals surface area contributed by atoms with Crippen LogP contribution >= 0.6 is 11.6 Å². The van der Waals surface area contributed by atoms with E-state index in [9.17, 15) is 9.18 Å². The van der Waals surface area contributed by atoms with E-state index in [2.05, 4.69) is 15.1 Å². The van der Waals surface area contributed by atoms with Gasteiger partial charge in [0.05, 0.1) is 24.1 Å². The van der Waals surface area contributed by atoms with Gasteiger partial charge in [-0.1, -0.05) is 23.7 Å². The summed E-state index contributed by atoms with van der Waals surface area (Å²) in [5.74, 6) is -0.0334. The Kier molecular flexibility index (Phi) is 3.93. The zero-order valence-corrected chi connectivity index (χ0v) is 13.8. The third kappa shape index (κ3) is 3.10. The van der Waals surface area contributed by atoms with Crippen molar-refractivity contribution in [3.05, 3.63) is 70.0 Å². The summed E-state index contributed by atoms with van der Waals surface area (Å²) >= 11 is 5.91. The van der Waals surface area contributed by atoms with Gasteiger partial charge < -0.3 is 4.90 Å². The topological polar surface area (TPSA) is 63.9 Å². The molecule has 1 aliphatic rings. The lowest BCUT2D eigenvalue weighted by molar-refractivity contribution is 0.350. The number of anilines is 1. The predicted octanol–water partition coefficient (Wildman–Crippen LogP) is 2.55. The van der Waals surface area contributed by atoms with Crippen molar-refractivity contribution in [1.29, 1.82) is 0 Å². The molecule has 1 saturated heterocycles. The van der Waals surface area contributed by atoms with Crippen LogP contribution < -0.4 is 10.5 Å². The maximum Gasteiger partial charge on any atom is 0.267 e. The van der Waals surface area contributed by atoms with Crippen molar-refractivity contribution in [2.75, 3.05) is 18.0 Å². The van der Waals surface area contributed by atoms with E-state index in [0.29, 0.717) is 29.8 Å². The number of rotatable bonds is 3. The second-order valence-electron chi connectivity index (χ2n) is 5.77. The average molecular weight is 358 g/mol. The van der Waals surface area contributed by atoms with Crippen LogP contribution in [0.5, 0.6) is 0 Å². The van der Waals surface area contributed by atoms with Gasteiger partial charge in [-0.05, 0) is 18.2 Å². The van der Waals surface area contributed by atoms with Gasteiger partial charge >= 0.3 is 0 Å². The predicted molar refractivity (Wildman–Crippen MR) is 92.2 cm³/mol. The highest BCUT2D eigenvalue weighted by molar-refractivity contribution is 6.30. The number of halogens is 2. The second-order valence-corrected chi connectivity index (χ2v) is 6.20. The van der Waals surface area contributed by atoms with Gasteiger partial charge in [0.25, 0.3) is 5.56 Å². The second kappa shape index (κ2) is 6.25. The van der Waals surface area contributed by atoms with Crippen LogP contribution in [0.2, 0.25) is 5.02 Å². The summed E-state index contributed by atoms with van der Waals surface area (Å²) in [5.41, 5.74) is 1.42. The Hall–Kier alpha value is -2.80. The molecule has 0 aliphatic carbocycles. The standard InChI is InChI=1S/C17H13ClFN5O/c18-12-3-1-11(2-4-12)15-5-6-16(25)24(22-15)14-9-23(10-14)17-20-7-13(19)8-21-17/h1-8,14H,9-10H2. The summed E-state index contributed by atoms with van der Waals surface area (Å²) in [7, 11) is 0. The van der Waals surface area contributed by atoms with Crippen LogP contribution in [-0.2, 0) is 0 Å². The number of aromatic nitrogens is 4. The molecule has 1 fully saturated rings. The molecule has 0 saturated carbocycles. The Morgan fingerprint density at radius 2 is 1.72 bits per heavy atom. The molecule has 6 nitrogen and oxygen atoms in total. The van der Waals surface area contributed by atoms with Gasteiger partial charge in [-0.15, -0.1) is 0 Å². The zero-order valence-electron chi connectivity index (χ0n) is 13.0. The van der Waals surface area contributed by atoms with Crippen LogP contribution in [0.25, 0.3) is 11.3 Å². The first-order chi connectivity index (χ1) is 12.1. The van der Waals surface area contributed by atoms with Gasteiger partial charge in [-0.25, -0.2) is 19.0 Å². The average Bonchev–Trinajstić information content (AvgIpc) is 2.58. The molecule has 0 bridgehead atoms. The summed E-state index contributed by atoms with van der Waals surface area (Å²) in [4.78, 5) is 21.9. The largest absolute Gasteiger partial charge is 0.336 e. The molecule has 0 spiro atoms. The molecule has 126 valence electrons. The highest BCUT2D eigenvalue weighted by Crippen LogP contribution is 2.24. The fourth-order valence-electron chi connectivity index (χ4n) is 2.70. The molecule has 4 rings (SSSR count). The Balaban J connectivity index is 1.55. The first kappa shape index (κ1) is 15.7. The molecule has 0 radical (unpaired) electrons. The Bertz CT molecular complexity index is 952. The molecule has 1 aliphatic heterocycles. The molecule has 0 N–H and O–H groups in total. The normalized spacial score (nSPS) is 14.4. The Labute approximate surface area is 147 Å². The zero-order chi connectivity index (χ0) is 17.4. The van der Waals surface area contributed by atoms with Crippen molar-refractivity contribution >= 4 is 17.5 Å². The fraction of sp³-hybridized carbons (Fsp3) is 0.176. The van der Waals surface area contributed by atoms with E-state index < -0.39 is 5.82 Å². The Morgan fingerprint density at radius 3 is 2.40 bits per heavy atom. The van der Waals surface area contributed by atoms with Gasteiger partial charge in [0, 0.05) is 29.7 Å². The van der Waals surface area contributed by atoms with Crippen molar-refractivity contribution in [3.63, 3.8) is 0 Å². The summed E-state index contributed by atoms with van der Waals surface area (Å²) in [6.07, 6.45) is 2.25. The lowest BCUT2D eigenvalue weighted by Crippen LogP contribution is -2.51. The van der Waals surface area contributed by atoms with E-state index in [1.54, 1.807) is 18.2 Å².